The maximum absolute atomic E-state index is 11.8. The van der Waals surface area contributed by atoms with Gasteiger partial charge in [-0.3, -0.25) is 9.59 Å². The molecule has 4 N–H and O–H groups in total. The van der Waals surface area contributed by atoms with Crippen LogP contribution >= 0.6 is 0 Å². The van der Waals surface area contributed by atoms with Gasteiger partial charge in [0, 0.05) is 12.8 Å². The summed E-state index contributed by atoms with van der Waals surface area (Å²) in [5.74, 6) is -1.96. The van der Waals surface area contributed by atoms with E-state index in [0.717, 1.165) is 19.3 Å². The molecular weight excluding hydrogens is 332 g/mol. The number of aliphatic carboxylic acids is 1. The first-order valence-electron chi connectivity index (χ1n) is 10.3. The lowest BCUT2D eigenvalue weighted by atomic mass is 10.0. The summed E-state index contributed by atoms with van der Waals surface area (Å²) in [7, 11) is 0. The molecule has 0 aromatic rings. The quantitative estimate of drug-likeness (QED) is 0.318. The number of nitrogens with two attached hydrogens (primary N) is 1. The molecule has 0 spiro atoms. The zero-order valence-corrected chi connectivity index (χ0v) is 16.4. The maximum atomic E-state index is 11.8. The lowest BCUT2D eigenvalue weighted by Crippen LogP contribution is -2.41. The molecule has 0 aromatic carbocycles. The zero-order valence-electron chi connectivity index (χ0n) is 16.4. The van der Waals surface area contributed by atoms with Crippen molar-refractivity contribution in [2.45, 2.75) is 109 Å². The molecule has 2 amide bonds. The first-order chi connectivity index (χ1) is 12.5. The van der Waals surface area contributed by atoms with Crippen molar-refractivity contribution in [1.29, 1.82) is 0 Å². The van der Waals surface area contributed by atoms with Crippen molar-refractivity contribution in [3.63, 3.8) is 0 Å². The second kappa shape index (κ2) is 16.9. The van der Waals surface area contributed by atoms with E-state index in [1.165, 1.54) is 57.8 Å². The van der Waals surface area contributed by atoms with Crippen LogP contribution in [0.25, 0.3) is 0 Å². The van der Waals surface area contributed by atoms with Gasteiger partial charge in [-0.1, -0.05) is 77.6 Å². The van der Waals surface area contributed by atoms with Crippen LogP contribution in [0.1, 0.15) is 103 Å². The Labute approximate surface area is 158 Å². The molecule has 26 heavy (non-hydrogen) atoms. The van der Waals surface area contributed by atoms with Crippen molar-refractivity contribution in [1.82, 2.24) is 5.32 Å². The van der Waals surface area contributed by atoms with E-state index in [9.17, 15) is 14.4 Å². The molecule has 152 valence electrons. The third-order valence-corrected chi connectivity index (χ3v) is 4.57. The van der Waals surface area contributed by atoms with Gasteiger partial charge in [0.05, 0.1) is 0 Å². The van der Waals surface area contributed by atoms with Crippen LogP contribution in [0.4, 0.5) is 0 Å². The summed E-state index contributed by atoms with van der Waals surface area (Å²) >= 11 is 0. The SMILES string of the molecule is CCCCCCCCCCCCCCC(=O)N[C@@H](CCC(N)=O)C(=O)O. The summed E-state index contributed by atoms with van der Waals surface area (Å²) in [6, 6.07) is -1.03. The van der Waals surface area contributed by atoms with Crippen LogP contribution in [0.2, 0.25) is 0 Å². The Balaban J connectivity index is 3.55. The highest BCUT2D eigenvalue weighted by Gasteiger charge is 2.20. The van der Waals surface area contributed by atoms with Gasteiger partial charge in [0.1, 0.15) is 6.04 Å². The van der Waals surface area contributed by atoms with Crippen LogP contribution in [0, 0.1) is 0 Å². The maximum Gasteiger partial charge on any atom is 0.326 e. The number of carboxylic acids is 1. The van der Waals surface area contributed by atoms with Gasteiger partial charge in [0.15, 0.2) is 0 Å². The van der Waals surface area contributed by atoms with Crippen molar-refractivity contribution in [3.8, 4) is 0 Å². The first kappa shape index (κ1) is 24.4. The third-order valence-electron chi connectivity index (χ3n) is 4.57. The van der Waals surface area contributed by atoms with E-state index in [1.807, 2.05) is 0 Å². The first-order valence-corrected chi connectivity index (χ1v) is 10.3. The minimum Gasteiger partial charge on any atom is -0.480 e. The summed E-state index contributed by atoms with van der Waals surface area (Å²) in [4.78, 5) is 33.6. The van der Waals surface area contributed by atoms with Gasteiger partial charge in [-0.25, -0.2) is 4.79 Å². The van der Waals surface area contributed by atoms with E-state index >= 15 is 0 Å². The van der Waals surface area contributed by atoms with Gasteiger partial charge in [-0.15, -0.1) is 0 Å². The molecule has 0 aliphatic rings. The van der Waals surface area contributed by atoms with Crippen molar-refractivity contribution >= 4 is 17.8 Å². The van der Waals surface area contributed by atoms with Crippen molar-refractivity contribution in [2.75, 3.05) is 0 Å². The van der Waals surface area contributed by atoms with Gasteiger partial charge in [0.25, 0.3) is 0 Å². The molecule has 0 saturated carbocycles. The van der Waals surface area contributed by atoms with E-state index in [-0.39, 0.29) is 18.7 Å². The number of rotatable bonds is 18. The van der Waals surface area contributed by atoms with E-state index in [0.29, 0.717) is 6.42 Å². The largest absolute Gasteiger partial charge is 0.480 e. The predicted molar refractivity (Wildman–Crippen MR) is 104 cm³/mol. The van der Waals surface area contributed by atoms with Crippen LogP contribution in [0.3, 0.4) is 0 Å². The van der Waals surface area contributed by atoms with Crippen LogP contribution < -0.4 is 11.1 Å². The second-order valence-electron chi connectivity index (χ2n) is 7.10. The normalized spacial score (nSPS) is 11.9. The fraction of sp³-hybridized carbons (Fsp3) is 0.850. The average molecular weight is 371 g/mol. The number of unbranched alkanes of at least 4 members (excludes halogenated alkanes) is 11. The summed E-state index contributed by atoms with van der Waals surface area (Å²) in [5.41, 5.74) is 5.01. The Hall–Kier alpha value is -1.59. The highest BCUT2D eigenvalue weighted by molar-refractivity contribution is 5.84. The minimum absolute atomic E-state index is 0.0366. The van der Waals surface area contributed by atoms with Crippen LogP contribution in [0.5, 0.6) is 0 Å². The summed E-state index contributed by atoms with van der Waals surface area (Å²) in [5, 5.41) is 11.5. The minimum atomic E-state index is -1.13. The van der Waals surface area contributed by atoms with Crippen LogP contribution in [-0.2, 0) is 14.4 Å². The number of hydrogen-bond acceptors (Lipinski definition) is 3. The van der Waals surface area contributed by atoms with Crippen molar-refractivity contribution < 1.29 is 19.5 Å². The van der Waals surface area contributed by atoms with Gasteiger partial charge < -0.3 is 16.2 Å². The fourth-order valence-electron chi connectivity index (χ4n) is 2.94. The Bertz CT molecular complexity index is 399. The van der Waals surface area contributed by atoms with Crippen LogP contribution in [-0.4, -0.2) is 28.9 Å². The molecule has 6 nitrogen and oxygen atoms in total. The Morgan fingerprint density at radius 3 is 1.69 bits per heavy atom. The van der Waals surface area contributed by atoms with Crippen molar-refractivity contribution in [2.24, 2.45) is 5.73 Å². The van der Waals surface area contributed by atoms with Gasteiger partial charge in [-0.2, -0.15) is 0 Å². The molecule has 0 aliphatic carbocycles. The smallest absolute Gasteiger partial charge is 0.326 e. The molecule has 0 aromatic heterocycles. The molecule has 6 heteroatoms. The molecule has 0 saturated heterocycles. The molecule has 0 heterocycles. The van der Waals surface area contributed by atoms with E-state index < -0.39 is 17.9 Å². The summed E-state index contributed by atoms with van der Waals surface area (Å²) in [6.07, 6.45) is 15.0. The Morgan fingerprint density at radius 2 is 1.27 bits per heavy atom. The summed E-state index contributed by atoms with van der Waals surface area (Å²) in [6.45, 7) is 2.23. The van der Waals surface area contributed by atoms with Gasteiger partial charge in [0.2, 0.25) is 11.8 Å². The van der Waals surface area contributed by atoms with Gasteiger partial charge >= 0.3 is 5.97 Å². The number of nitrogens with one attached hydrogen (secondary N) is 1. The topological polar surface area (TPSA) is 109 Å². The Kier molecular flexibility index (Phi) is 15.8. The molecule has 0 aliphatic heterocycles. The molecule has 0 unspecified atom stereocenters. The summed E-state index contributed by atoms with van der Waals surface area (Å²) < 4.78 is 0. The molecule has 0 bridgehead atoms. The number of carboxylic acid groups (broad SMARTS) is 1. The highest BCUT2D eigenvalue weighted by Crippen LogP contribution is 2.12. The van der Waals surface area contributed by atoms with E-state index in [2.05, 4.69) is 12.2 Å². The second-order valence-corrected chi connectivity index (χ2v) is 7.10. The zero-order chi connectivity index (χ0) is 19.6. The fourth-order valence-corrected chi connectivity index (χ4v) is 2.94. The number of carbonyl (C=O) groups is 3. The van der Waals surface area contributed by atoms with E-state index in [1.54, 1.807) is 0 Å². The molecule has 1 atom stereocenters. The lowest BCUT2D eigenvalue weighted by molar-refractivity contribution is -0.142. The molecular formula is C20H38N2O4. The number of hydrogen-bond donors (Lipinski definition) is 3. The van der Waals surface area contributed by atoms with E-state index in [4.69, 9.17) is 10.8 Å². The van der Waals surface area contributed by atoms with Crippen LogP contribution in [0.15, 0.2) is 0 Å². The van der Waals surface area contributed by atoms with Crippen molar-refractivity contribution in [3.05, 3.63) is 0 Å². The average Bonchev–Trinajstić information content (AvgIpc) is 2.59. The standard InChI is InChI=1S/C20H38N2O4/c1-2-3-4-5-6-7-8-9-10-11-12-13-14-19(24)22-17(20(25)26)15-16-18(21)23/h17H,2-16H2,1H3,(H2,21,23)(H,22,24)(H,25,26)/t17-/m0/s1. The molecule has 0 fully saturated rings. The predicted octanol–water partition coefficient (Wildman–Crippen LogP) is 3.91. The monoisotopic (exact) mass is 370 g/mol. The highest BCUT2D eigenvalue weighted by atomic mass is 16.4. The number of carbonyl (C=O) groups excluding carboxylic acids is 2. The molecule has 0 radical (unpaired) electrons. The Morgan fingerprint density at radius 1 is 0.808 bits per heavy atom. The molecule has 0 rings (SSSR count). The lowest BCUT2D eigenvalue weighted by Gasteiger charge is -2.13. The number of primary amides is 1. The van der Waals surface area contributed by atoms with Gasteiger partial charge in [-0.05, 0) is 12.8 Å². The third kappa shape index (κ3) is 15.9. The number of amides is 2.